The molecule has 0 bridgehead atoms. The first-order valence-corrected chi connectivity index (χ1v) is 5.27. The van der Waals surface area contributed by atoms with Crippen LogP contribution in [0.3, 0.4) is 0 Å². The van der Waals surface area contributed by atoms with Crippen molar-refractivity contribution in [2.75, 3.05) is 6.54 Å². The van der Waals surface area contributed by atoms with Crippen LogP contribution in [0, 0.1) is 0 Å². The number of pyridine rings is 1. The van der Waals surface area contributed by atoms with Gasteiger partial charge in [-0.15, -0.1) is 0 Å². The van der Waals surface area contributed by atoms with Crippen LogP contribution in [-0.2, 0) is 0 Å². The average Bonchev–Trinajstić information content (AvgIpc) is 2.25. The molecule has 1 rings (SSSR count). The van der Waals surface area contributed by atoms with E-state index in [-0.39, 0.29) is 0 Å². The summed E-state index contributed by atoms with van der Waals surface area (Å²) in [6, 6.07) is 5.92. The Kier molecular flexibility index (Phi) is 4.90. The van der Waals surface area contributed by atoms with Crippen molar-refractivity contribution in [2.24, 2.45) is 4.99 Å². The average molecular weight is 190 g/mol. The summed E-state index contributed by atoms with van der Waals surface area (Å²) in [5.41, 5.74) is 2.03. The van der Waals surface area contributed by atoms with Gasteiger partial charge in [-0.2, -0.15) is 0 Å². The third kappa shape index (κ3) is 3.69. The molecule has 76 valence electrons. The second kappa shape index (κ2) is 6.30. The van der Waals surface area contributed by atoms with Gasteiger partial charge in [0.15, 0.2) is 0 Å². The topological polar surface area (TPSA) is 25.2 Å². The van der Waals surface area contributed by atoms with Crippen molar-refractivity contribution in [1.29, 1.82) is 0 Å². The SMILES string of the molecule is CCCCC/N=C(\C)c1ccccn1. The van der Waals surface area contributed by atoms with Gasteiger partial charge in [0.05, 0.1) is 11.4 Å². The van der Waals surface area contributed by atoms with Crippen molar-refractivity contribution in [2.45, 2.75) is 33.1 Å². The summed E-state index contributed by atoms with van der Waals surface area (Å²) < 4.78 is 0. The van der Waals surface area contributed by atoms with E-state index < -0.39 is 0 Å². The minimum atomic E-state index is 0.927. The minimum Gasteiger partial charge on any atom is -0.288 e. The van der Waals surface area contributed by atoms with Crippen molar-refractivity contribution < 1.29 is 0 Å². The van der Waals surface area contributed by atoms with Crippen molar-refractivity contribution >= 4 is 5.71 Å². The molecule has 0 aromatic carbocycles. The highest BCUT2D eigenvalue weighted by Gasteiger charge is 1.95. The predicted molar refractivity (Wildman–Crippen MR) is 60.8 cm³/mol. The van der Waals surface area contributed by atoms with E-state index in [0.29, 0.717) is 0 Å². The first-order chi connectivity index (χ1) is 6.84. The summed E-state index contributed by atoms with van der Waals surface area (Å²) in [7, 11) is 0. The molecule has 0 spiro atoms. The molecule has 1 aromatic heterocycles. The maximum absolute atomic E-state index is 4.49. The molecule has 0 aliphatic heterocycles. The van der Waals surface area contributed by atoms with Crippen LogP contribution in [0.4, 0.5) is 0 Å². The van der Waals surface area contributed by atoms with Crippen LogP contribution in [0.5, 0.6) is 0 Å². The van der Waals surface area contributed by atoms with Crippen LogP contribution >= 0.6 is 0 Å². The van der Waals surface area contributed by atoms with E-state index in [1.54, 1.807) is 6.20 Å². The summed E-state index contributed by atoms with van der Waals surface area (Å²) in [5.74, 6) is 0. The first-order valence-electron chi connectivity index (χ1n) is 5.27. The number of rotatable bonds is 5. The lowest BCUT2D eigenvalue weighted by molar-refractivity contribution is 0.728. The quantitative estimate of drug-likeness (QED) is 0.517. The lowest BCUT2D eigenvalue weighted by Gasteiger charge is -1.99. The standard InChI is InChI=1S/C12H18N2/c1-3-4-6-9-13-11(2)12-8-5-7-10-14-12/h5,7-8,10H,3-4,6,9H2,1-2H3/b13-11+. The molecule has 0 atom stereocenters. The summed E-state index contributed by atoms with van der Waals surface area (Å²) in [4.78, 5) is 8.73. The molecule has 0 saturated heterocycles. The van der Waals surface area contributed by atoms with Crippen LogP contribution in [0.15, 0.2) is 29.4 Å². The van der Waals surface area contributed by atoms with Crippen molar-refractivity contribution in [3.63, 3.8) is 0 Å². The van der Waals surface area contributed by atoms with Gasteiger partial charge in [-0.1, -0.05) is 25.8 Å². The summed E-state index contributed by atoms with van der Waals surface area (Å²) >= 11 is 0. The highest BCUT2D eigenvalue weighted by Crippen LogP contribution is 1.99. The van der Waals surface area contributed by atoms with Crippen molar-refractivity contribution in [3.8, 4) is 0 Å². The molecule has 0 radical (unpaired) electrons. The molecule has 1 aromatic rings. The molecular formula is C12H18N2. The van der Waals surface area contributed by atoms with E-state index >= 15 is 0 Å². The number of hydrogen-bond donors (Lipinski definition) is 0. The number of hydrogen-bond acceptors (Lipinski definition) is 2. The summed E-state index contributed by atoms with van der Waals surface area (Å²) in [6.07, 6.45) is 5.50. The van der Waals surface area contributed by atoms with Gasteiger partial charge in [0.25, 0.3) is 0 Å². The van der Waals surface area contributed by atoms with Crippen molar-refractivity contribution in [3.05, 3.63) is 30.1 Å². The Hall–Kier alpha value is -1.18. The summed E-state index contributed by atoms with van der Waals surface area (Å²) in [5, 5.41) is 0. The molecule has 0 unspecified atom stereocenters. The number of aromatic nitrogens is 1. The highest BCUT2D eigenvalue weighted by molar-refractivity contribution is 5.96. The van der Waals surface area contributed by atoms with Gasteiger partial charge in [0.2, 0.25) is 0 Å². The second-order valence-corrected chi connectivity index (χ2v) is 3.39. The molecule has 0 fully saturated rings. The molecule has 1 heterocycles. The normalized spacial score (nSPS) is 11.7. The molecular weight excluding hydrogens is 172 g/mol. The monoisotopic (exact) mass is 190 g/mol. The number of nitrogens with zero attached hydrogens (tertiary/aromatic N) is 2. The van der Waals surface area contributed by atoms with E-state index in [9.17, 15) is 0 Å². The maximum atomic E-state index is 4.49. The molecule has 0 N–H and O–H groups in total. The fraction of sp³-hybridized carbons (Fsp3) is 0.500. The fourth-order valence-electron chi connectivity index (χ4n) is 1.27. The van der Waals surface area contributed by atoms with Crippen LogP contribution < -0.4 is 0 Å². The van der Waals surface area contributed by atoms with E-state index in [4.69, 9.17) is 0 Å². The maximum Gasteiger partial charge on any atom is 0.0836 e. The van der Waals surface area contributed by atoms with E-state index in [2.05, 4.69) is 16.9 Å². The molecule has 14 heavy (non-hydrogen) atoms. The van der Waals surface area contributed by atoms with Crippen LogP contribution in [0.25, 0.3) is 0 Å². The zero-order valence-corrected chi connectivity index (χ0v) is 9.03. The second-order valence-electron chi connectivity index (χ2n) is 3.39. The van der Waals surface area contributed by atoms with Gasteiger partial charge in [-0.3, -0.25) is 9.98 Å². The first kappa shape index (κ1) is 10.9. The van der Waals surface area contributed by atoms with Crippen LogP contribution in [0.1, 0.15) is 38.8 Å². The van der Waals surface area contributed by atoms with Gasteiger partial charge >= 0.3 is 0 Å². The summed E-state index contributed by atoms with van der Waals surface area (Å²) in [6.45, 7) is 5.15. The Morgan fingerprint density at radius 3 is 2.86 bits per heavy atom. The molecule has 2 heteroatoms. The highest BCUT2D eigenvalue weighted by atomic mass is 14.8. The van der Waals surface area contributed by atoms with E-state index in [0.717, 1.165) is 18.0 Å². The third-order valence-electron chi connectivity index (χ3n) is 2.15. The lowest BCUT2D eigenvalue weighted by atomic mass is 10.2. The van der Waals surface area contributed by atoms with Gasteiger partial charge in [0.1, 0.15) is 0 Å². The molecule has 0 saturated carbocycles. The molecule has 2 nitrogen and oxygen atoms in total. The van der Waals surface area contributed by atoms with Gasteiger partial charge < -0.3 is 0 Å². The Morgan fingerprint density at radius 1 is 1.36 bits per heavy atom. The lowest BCUT2D eigenvalue weighted by Crippen LogP contribution is -1.98. The van der Waals surface area contributed by atoms with Crippen LogP contribution in [-0.4, -0.2) is 17.2 Å². The molecule has 0 aliphatic rings. The van der Waals surface area contributed by atoms with Gasteiger partial charge in [-0.25, -0.2) is 0 Å². The van der Waals surface area contributed by atoms with E-state index in [1.807, 2.05) is 25.1 Å². The van der Waals surface area contributed by atoms with Crippen LogP contribution in [0.2, 0.25) is 0 Å². The Balaban J connectivity index is 2.44. The smallest absolute Gasteiger partial charge is 0.0836 e. The van der Waals surface area contributed by atoms with E-state index in [1.165, 1.54) is 19.3 Å². The largest absolute Gasteiger partial charge is 0.288 e. The zero-order valence-electron chi connectivity index (χ0n) is 9.03. The Labute approximate surface area is 86.1 Å². The predicted octanol–water partition coefficient (Wildman–Crippen LogP) is 3.08. The van der Waals surface area contributed by atoms with Gasteiger partial charge in [0, 0.05) is 12.7 Å². The Morgan fingerprint density at radius 2 is 2.21 bits per heavy atom. The zero-order chi connectivity index (χ0) is 10.2. The number of aliphatic imine (C=N–C) groups is 1. The molecule has 0 amide bonds. The minimum absolute atomic E-state index is 0.927. The van der Waals surface area contributed by atoms with Gasteiger partial charge in [-0.05, 0) is 25.5 Å². The number of unbranched alkanes of at least 4 members (excludes halogenated alkanes) is 2. The third-order valence-corrected chi connectivity index (χ3v) is 2.15. The Bertz CT molecular complexity index is 278. The fourth-order valence-corrected chi connectivity index (χ4v) is 1.27. The van der Waals surface area contributed by atoms with Crippen molar-refractivity contribution in [1.82, 2.24) is 4.98 Å². The molecule has 0 aliphatic carbocycles.